The van der Waals surface area contributed by atoms with Crippen LogP contribution in [-0.4, -0.2) is 9.13 Å². The summed E-state index contributed by atoms with van der Waals surface area (Å²) >= 11 is 3.82. The molecule has 0 fully saturated rings. The van der Waals surface area contributed by atoms with Crippen molar-refractivity contribution >= 4 is 77.9 Å². The van der Waals surface area contributed by atoms with Crippen LogP contribution < -0.4 is 0 Å². The van der Waals surface area contributed by atoms with Crippen LogP contribution in [0.5, 0.6) is 0 Å². The van der Waals surface area contributed by atoms with Crippen molar-refractivity contribution in [2.45, 2.75) is 19.6 Å². The van der Waals surface area contributed by atoms with Gasteiger partial charge in [0, 0.05) is 47.6 Å². The van der Waals surface area contributed by atoms with Gasteiger partial charge >= 0.3 is 0 Å². The molecule has 206 valence electrons. The molecular weight excluding hydrogens is 573 g/mol. The Morgan fingerprint density at radius 3 is 1.39 bits per heavy atom. The summed E-state index contributed by atoms with van der Waals surface area (Å²) in [6, 6.07) is 53.2. The molecule has 2 aromatic heterocycles. The third-order valence-corrected chi connectivity index (χ3v) is 11.6. The number of hydrogen-bond donors (Lipinski definition) is 0. The van der Waals surface area contributed by atoms with Crippen LogP contribution in [0.1, 0.15) is 0 Å². The van der Waals surface area contributed by atoms with Crippen molar-refractivity contribution in [1.82, 2.24) is 9.13 Å². The second kappa shape index (κ2) is 9.30. The molecule has 0 N–H and O–H groups in total. The largest absolute Gasteiger partial charge is 0.309 e. The van der Waals surface area contributed by atoms with E-state index in [-0.39, 0.29) is 0 Å². The van der Waals surface area contributed by atoms with Gasteiger partial charge in [0.2, 0.25) is 0 Å². The van der Waals surface area contributed by atoms with Gasteiger partial charge in [0.15, 0.2) is 0 Å². The first-order valence-corrected chi connectivity index (χ1v) is 16.5. The molecular formula is C40H24N2S2. The zero-order chi connectivity index (χ0) is 28.8. The molecule has 7 aromatic carbocycles. The van der Waals surface area contributed by atoms with E-state index < -0.39 is 0 Å². The summed E-state index contributed by atoms with van der Waals surface area (Å²) in [5, 5.41) is 7.81. The van der Waals surface area contributed by atoms with Gasteiger partial charge in [-0.15, -0.1) is 0 Å². The van der Waals surface area contributed by atoms with E-state index in [2.05, 4.69) is 155 Å². The van der Waals surface area contributed by atoms with E-state index in [1.165, 1.54) is 85.3 Å². The van der Waals surface area contributed by atoms with Crippen molar-refractivity contribution in [3.05, 3.63) is 146 Å². The first-order chi connectivity index (χ1) is 21.8. The first kappa shape index (κ1) is 24.5. The summed E-state index contributed by atoms with van der Waals surface area (Å²) < 4.78 is 4.88. The van der Waals surface area contributed by atoms with Gasteiger partial charge < -0.3 is 9.13 Å². The average molecular weight is 597 g/mol. The molecule has 2 nitrogen and oxygen atoms in total. The van der Waals surface area contributed by atoms with Crippen LogP contribution in [0.4, 0.5) is 0 Å². The predicted octanol–water partition coefficient (Wildman–Crippen LogP) is 11.6. The second-order valence-corrected chi connectivity index (χ2v) is 13.4. The van der Waals surface area contributed by atoms with Crippen molar-refractivity contribution in [2.75, 3.05) is 0 Å². The third kappa shape index (κ3) is 3.35. The highest BCUT2D eigenvalue weighted by Gasteiger charge is 2.27. The minimum Gasteiger partial charge on any atom is -0.309 e. The van der Waals surface area contributed by atoms with Crippen LogP contribution in [0.3, 0.4) is 0 Å². The van der Waals surface area contributed by atoms with Crippen LogP contribution in [0.2, 0.25) is 0 Å². The lowest BCUT2D eigenvalue weighted by molar-refractivity contribution is 1.11. The van der Waals surface area contributed by atoms with Gasteiger partial charge in [0.05, 0.1) is 27.0 Å². The zero-order valence-electron chi connectivity index (χ0n) is 23.6. The topological polar surface area (TPSA) is 9.86 Å². The van der Waals surface area contributed by atoms with Crippen LogP contribution >= 0.6 is 23.5 Å². The lowest BCUT2D eigenvalue weighted by Crippen LogP contribution is -2.00. The molecule has 0 unspecified atom stereocenters. The Balaban J connectivity index is 1.26. The predicted molar refractivity (Wildman–Crippen MR) is 187 cm³/mol. The van der Waals surface area contributed by atoms with Crippen LogP contribution in [0.25, 0.3) is 65.8 Å². The van der Waals surface area contributed by atoms with Crippen LogP contribution in [0.15, 0.2) is 165 Å². The quantitative estimate of drug-likeness (QED) is 0.196. The lowest BCUT2D eigenvalue weighted by atomic mass is 10.0. The van der Waals surface area contributed by atoms with Crippen molar-refractivity contribution in [1.29, 1.82) is 0 Å². The SMILES string of the molecule is c1ccc2c(c1)Sc1c(c3c(c4ccccc14)c1ccccc1n3-c1ccc(-n3c4ccccc4c4ccccc43)cc1)S2. The van der Waals surface area contributed by atoms with Crippen LogP contribution in [-0.2, 0) is 0 Å². The van der Waals surface area contributed by atoms with Crippen molar-refractivity contribution in [3.8, 4) is 11.4 Å². The van der Waals surface area contributed by atoms with Gasteiger partial charge in [0.25, 0.3) is 0 Å². The Labute approximate surface area is 262 Å². The van der Waals surface area contributed by atoms with Gasteiger partial charge in [0.1, 0.15) is 0 Å². The number of hydrogen-bond acceptors (Lipinski definition) is 2. The average Bonchev–Trinajstić information content (AvgIpc) is 3.62. The molecule has 0 bridgehead atoms. The number of rotatable bonds is 2. The maximum atomic E-state index is 2.49. The monoisotopic (exact) mass is 596 g/mol. The number of fused-ring (bicyclic) bond motifs is 12. The van der Waals surface area contributed by atoms with Crippen molar-refractivity contribution in [2.24, 2.45) is 0 Å². The van der Waals surface area contributed by atoms with Gasteiger partial charge in [-0.05, 0) is 65.4 Å². The Hall–Kier alpha value is -4.90. The van der Waals surface area contributed by atoms with E-state index in [9.17, 15) is 0 Å². The first-order valence-electron chi connectivity index (χ1n) is 14.9. The smallest absolute Gasteiger partial charge is 0.0698 e. The number of aromatic nitrogens is 2. The van der Waals surface area contributed by atoms with E-state index in [0.717, 1.165) is 0 Å². The highest BCUT2D eigenvalue weighted by molar-refractivity contribution is 8.05. The summed E-state index contributed by atoms with van der Waals surface area (Å²) in [6.45, 7) is 0. The molecule has 1 aliphatic rings. The molecule has 1 aliphatic heterocycles. The Bertz CT molecular complexity index is 2550. The lowest BCUT2D eigenvalue weighted by Gasteiger charge is -2.22. The molecule has 9 aromatic rings. The van der Waals surface area contributed by atoms with Gasteiger partial charge in [-0.3, -0.25) is 0 Å². The molecule has 0 atom stereocenters. The van der Waals surface area contributed by atoms with E-state index in [4.69, 9.17) is 0 Å². The summed E-state index contributed by atoms with van der Waals surface area (Å²) in [7, 11) is 0. The number of para-hydroxylation sites is 3. The van der Waals surface area contributed by atoms with Crippen molar-refractivity contribution in [3.63, 3.8) is 0 Å². The molecule has 0 radical (unpaired) electrons. The fraction of sp³-hybridized carbons (Fsp3) is 0. The number of benzene rings is 7. The Morgan fingerprint density at radius 2 is 0.773 bits per heavy atom. The van der Waals surface area contributed by atoms with E-state index in [1.54, 1.807) is 0 Å². The Kier molecular flexibility index (Phi) is 5.18. The normalized spacial score (nSPS) is 12.8. The van der Waals surface area contributed by atoms with E-state index >= 15 is 0 Å². The minimum absolute atomic E-state index is 1.17. The Morgan fingerprint density at radius 1 is 0.341 bits per heavy atom. The minimum atomic E-state index is 1.17. The summed E-state index contributed by atoms with van der Waals surface area (Å²) in [5.41, 5.74) is 7.31. The van der Waals surface area contributed by atoms with Crippen molar-refractivity contribution < 1.29 is 0 Å². The summed E-state index contributed by atoms with van der Waals surface area (Å²) in [6.07, 6.45) is 0. The second-order valence-electron chi connectivity index (χ2n) is 11.3. The molecule has 44 heavy (non-hydrogen) atoms. The maximum Gasteiger partial charge on any atom is 0.0698 e. The highest BCUT2D eigenvalue weighted by Crippen LogP contribution is 2.55. The zero-order valence-corrected chi connectivity index (χ0v) is 25.2. The van der Waals surface area contributed by atoms with E-state index in [0.29, 0.717) is 0 Å². The summed E-state index contributed by atoms with van der Waals surface area (Å²) in [4.78, 5) is 5.33. The molecule has 0 spiro atoms. The maximum absolute atomic E-state index is 2.49. The standard InChI is InChI=1S/C40H24N2S2/c1-2-14-30-29(13-1)37-31-15-5-8-18-34(31)42(38(37)40-39(30)43-35-19-9-10-20-36(35)44-40)26-23-21-25(22-24-26)41-32-16-6-3-11-27(32)28-12-4-7-17-33(28)41/h1-24H. The summed E-state index contributed by atoms with van der Waals surface area (Å²) in [5.74, 6) is 0. The molecule has 3 heterocycles. The molecule has 0 aliphatic carbocycles. The molecule has 0 amide bonds. The highest BCUT2D eigenvalue weighted by atomic mass is 32.2. The third-order valence-electron chi connectivity index (χ3n) is 8.96. The van der Waals surface area contributed by atoms with Gasteiger partial charge in [-0.2, -0.15) is 0 Å². The fourth-order valence-electron chi connectivity index (χ4n) is 7.11. The van der Waals surface area contributed by atoms with Crippen LogP contribution in [0, 0.1) is 0 Å². The molecule has 0 saturated carbocycles. The fourth-order valence-corrected chi connectivity index (χ4v) is 9.65. The van der Waals surface area contributed by atoms with Gasteiger partial charge in [-0.25, -0.2) is 0 Å². The van der Waals surface area contributed by atoms with E-state index in [1.807, 2.05) is 23.5 Å². The number of nitrogens with zero attached hydrogens (tertiary/aromatic N) is 2. The molecule has 0 saturated heterocycles. The molecule has 10 rings (SSSR count). The van der Waals surface area contributed by atoms with Gasteiger partial charge in [-0.1, -0.05) is 115 Å². The molecule has 4 heteroatoms.